The molecule has 0 N–H and O–H groups in total. The van der Waals surface area contributed by atoms with Gasteiger partial charge in [-0.05, 0) is 36.1 Å². The van der Waals surface area contributed by atoms with Crippen LogP contribution in [0.5, 0.6) is 0 Å². The topological polar surface area (TPSA) is 99.4 Å². The number of hydrogen-bond acceptors (Lipinski definition) is 8. The number of thiocarbonyl (C=S) groups is 1. The molecule has 3 unspecified atom stereocenters. The number of ether oxygens (including phenoxy) is 2. The molecule has 0 aliphatic heterocycles. The number of aryl methyl sites for hydroxylation is 2. The number of esters is 2. The summed E-state index contributed by atoms with van der Waals surface area (Å²) >= 11 is 5.59. The molecule has 1 fully saturated rings. The predicted molar refractivity (Wildman–Crippen MR) is 101 cm³/mol. The monoisotopic (exact) mass is 397 g/mol. The molecule has 0 spiro atoms. The van der Waals surface area contributed by atoms with Crippen molar-refractivity contribution in [3.63, 3.8) is 0 Å². The average Bonchev–Trinajstić information content (AvgIpc) is 3.00. The fourth-order valence-electron chi connectivity index (χ4n) is 3.35. The second-order valence-corrected chi connectivity index (χ2v) is 7.31. The van der Waals surface area contributed by atoms with Gasteiger partial charge in [0.2, 0.25) is 0 Å². The third-order valence-electron chi connectivity index (χ3n) is 4.78. The molecule has 0 bridgehead atoms. The largest absolute Gasteiger partial charge is 0.459 e. The molecule has 1 aliphatic rings. The summed E-state index contributed by atoms with van der Waals surface area (Å²) in [4.78, 5) is 25.6. The summed E-state index contributed by atoms with van der Waals surface area (Å²) in [5.74, 6) is 0.0929. The van der Waals surface area contributed by atoms with Crippen LogP contribution in [0.1, 0.15) is 51.8 Å². The minimum atomic E-state index is -0.444. The summed E-state index contributed by atoms with van der Waals surface area (Å²) in [6, 6.07) is 0.144. The maximum absolute atomic E-state index is 11.4. The van der Waals surface area contributed by atoms with Crippen LogP contribution in [0.4, 0.5) is 0 Å². The minimum Gasteiger partial charge on any atom is -0.459 e. The first kappa shape index (κ1) is 21.2. The Kier molecular flexibility index (Phi) is 7.64. The lowest BCUT2D eigenvalue weighted by molar-refractivity contribution is -0.170. The van der Waals surface area contributed by atoms with Gasteiger partial charge in [-0.25, -0.2) is 4.68 Å². The maximum atomic E-state index is 11.4. The van der Waals surface area contributed by atoms with Gasteiger partial charge >= 0.3 is 11.9 Å². The zero-order valence-electron chi connectivity index (χ0n) is 16.3. The lowest BCUT2D eigenvalue weighted by Crippen LogP contribution is -2.48. The number of rotatable bonds is 7. The van der Waals surface area contributed by atoms with E-state index in [1.165, 1.54) is 13.8 Å². The van der Waals surface area contributed by atoms with Crippen LogP contribution in [0.25, 0.3) is 0 Å². The molecule has 1 saturated carbocycles. The normalized spacial score (nSPS) is 22.1. The molecule has 0 saturated heterocycles. The third kappa shape index (κ3) is 6.23. The Morgan fingerprint density at radius 3 is 2.48 bits per heavy atom. The maximum Gasteiger partial charge on any atom is 0.303 e. The zero-order chi connectivity index (χ0) is 20.0. The van der Waals surface area contributed by atoms with E-state index in [4.69, 9.17) is 21.7 Å². The van der Waals surface area contributed by atoms with E-state index in [2.05, 4.69) is 20.4 Å². The van der Waals surface area contributed by atoms with E-state index in [0.29, 0.717) is 12.8 Å². The Bertz CT molecular complexity index is 680. The summed E-state index contributed by atoms with van der Waals surface area (Å²) in [6.45, 7) is 2.73. The predicted octanol–water partition coefficient (Wildman–Crippen LogP) is 1.21. The zero-order valence-corrected chi connectivity index (χ0v) is 17.1. The second kappa shape index (κ2) is 9.72. The lowest BCUT2D eigenvalue weighted by Gasteiger charge is -2.39. The molecule has 1 heterocycles. The van der Waals surface area contributed by atoms with Crippen molar-refractivity contribution in [2.45, 2.75) is 70.6 Å². The van der Waals surface area contributed by atoms with E-state index in [1.807, 2.05) is 14.1 Å². The van der Waals surface area contributed by atoms with Crippen LogP contribution < -0.4 is 0 Å². The van der Waals surface area contributed by atoms with Crippen LogP contribution in [0.15, 0.2) is 0 Å². The van der Waals surface area contributed by atoms with E-state index < -0.39 is 12.2 Å². The van der Waals surface area contributed by atoms with Gasteiger partial charge in [-0.1, -0.05) is 12.2 Å². The molecule has 1 aliphatic carbocycles. The Morgan fingerprint density at radius 1 is 1.22 bits per heavy atom. The van der Waals surface area contributed by atoms with Gasteiger partial charge in [0, 0.05) is 46.8 Å². The van der Waals surface area contributed by atoms with Crippen molar-refractivity contribution in [2.75, 3.05) is 7.05 Å². The molecule has 3 atom stereocenters. The van der Waals surface area contributed by atoms with Crippen LogP contribution in [-0.4, -0.2) is 67.3 Å². The molecule has 150 valence electrons. The molecule has 10 heteroatoms. The third-order valence-corrected chi connectivity index (χ3v) is 5.27. The number of carbonyl (C=O) groups excluding carboxylic acids is 2. The first-order valence-electron chi connectivity index (χ1n) is 9.09. The van der Waals surface area contributed by atoms with Gasteiger partial charge in [-0.15, -0.1) is 5.10 Å². The fraction of sp³-hybridized carbons (Fsp3) is 0.765. The van der Waals surface area contributed by atoms with E-state index in [9.17, 15) is 9.59 Å². The highest BCUT2D eigenvalue weighted by Gasteiger charge is 2.36. The Balaban J connectivity index is 1.87. The van der Waals surface area contributed by atoms with Crippen LogP contribution in [0.3, 0.4) is 0 Å². The Labute approximate surface area is 164 Å². The highest BCUT2D eigenvalue weighted by molar-refractivity contribution is 7.80. The highest BCUT2D eigenvalue weighted by atomic mass is 32.1. The summed E-state index contributed by atoms with van der Waals surface area (Å²) in [7, 11) is 3.78. The molecule has 0 aromatic carbocycles. The number of carbonyl (C=O) groups is 2. The van der Waals surface area contributed by atoms with E-state index in [-0.39, 0.29) is 18.0 Å². The summed E-state index contributed by atoms with van der Waals surface area (Å²) < 4.78 is 12.4. The number of nitrogens with zero attached hydrogens (tertiary/aromatic N) is 5. The first-order chi connectivity index (χ1) is 12.8. The molecule has 2 rings (SSSR count). The molecular formula is C17H27N5O4S. The number of hydrogen-bond donors (Lipinski definition) is 0. The van der Waals surface area contributed by atoms with Crippen LogP contribution in [0, 0.1) is 0 Å². The minimum absolute atomic E-state index is 0.144. The highest BCUT2D eigenvalue weighted by Crippen LogP contribution is 2.28. The molecule has 0 amide bonds. The van der Waals surface area contributed by atoms with Crippen molar-refractivity contribution < 1.29 is 19.1 Å². The second-order valence-electron chi connectivity index (χ2n) is 6.84. The first-order valence-corrected chi connectivity index (χ1v) is 9.50. The molecule has 1 aromatic heterocycles. The van der Waals surface area contributed by atoms with Gasteiger partial charge in [0.15, 0.2) is 5.82 Å². The van der Waals surface area contributed by atoms with Gasteiger partial charge in [-0.2, -0.15) is 0 Å². The smallest absolute Gasteiger partial charge is 0.303 e. The average molecular weight is 398 g/mol. The van der Waals surface area contributed by atoms with Gasteiger partial charge in [0.1, 0.15) is 12.2 Å². The Morgan fingerprint density at radius 2 is 1.89 bits per heavy atom. The quantitative estimate of drug-likeness (QED) is 0.496. The molecular weight excluding hydrogens is 370 g/mol. The van der Waals surface area contributed by atoms with Crippen LogP contribution in [0.2, 0.25) is 0 Å². The lowest BCUT2D eigenvalue weighted by atomic mass is 9.89. The molecule has 9 nitrogen and oxygen atoms in total. The Hall–Kier alpha value is -2.10. The molecule has 27 heavy (non-hydrogen) atoms. The van der Waals surface area contributed by atoms with Crippen molar-refractivity contribution in [1.29, 1.82) is 0 Å². The SMILES string of the molecule is CC(=O)OC1CCC(N(C)C(=S)CCCc2nnnn2C)CC1OC(C)=O. The van der Waals surface area contributed by atoms with Crippen molar-refractivity contribution in [2.24, 2.45) is 7.05 Å². The van der Waals surface area contributed by atoms with E-state index in [1.54, 1.807) is 4.68 Å². The summed E-state index contributed by atoms with van der Waals surface area (Å²) in [6.07, 6.45) is 3.56. The summed E-state index contributed by atoms with van der Waals surface area (Å²) in [5.41, 5.74) is 0. The number of tetrazole rings is 1. The van der Waals surface area contributed by atoms with Crippen molar-refractivity contribution >= 4 is 29.1 Å². The van der Waals surface area contributed by atoms with Gasteiger partial charge in [0.25, 0.3) is 0 Å². The van der Waals surface area contributed by atoms with Crippen molar-refractivity contribution in [3.8, 4) is 0 Å². The fourth-order valence-corrected chi connectivity index (χ4v) is 3.65. The summed E-state index contributed by atoms with van der Waals surface area (Å²) in [5, 5.41) is 11.4. The molecule has 1 aromatic rings. The van der Waals surface area contributed by atoms with Crippen molar-refractivity contribution in [1.82, 2.24) is 25.1 Å². The van der Waals surface area contributed by atoms with Gasteiger partial charge < -0.3 is 14.4 Å². The van der Waals surface area contributed by atoms with Crippen LogP contribution in [-0.2, 0) is 32.5 Å². The van der Waals surface area contributed by atoms with E-state index >= 15 is 0 Å². The van der Waals surface area contributed by atoms with E-state index in [0.717, 1.165) is 36.5 Å². The van der Waals surface area contributed by atoms with Crippen LogP contribution >= 0.6 is 12.2 Å². The standard InChI is InChI=1S/C17H27N5O4S/c1-11(23)25-14-9-8-13(10-15(14)26-12(2)24)21(3)17(27)7-5-6-16-18-19-20-22(16)4/h13-15H,5-10H2,1-4H3. The van der Waals surface area contributed by atoms with Gasteiger partial charge in [-0.3, -0.25) is 9.59 Å². The molecule has 0 radical (unpaired) electrons. The van der Waals surface area contributed by atoms with Gasteiger partial charge in [0.05, 0.1) is 4.99 Å². The number of aromatic nitrogens is 4. The van der Waals surface area contributed by atoms with Crippen molar-refractivity contribution in [3.05, 3.63) is 5.82 Å².